The molecule has 0 radical (unpaired) electrons. The third kappa shape index (κ3) is 46.9. The first-order valence-corrected chi connectivity index (χ1v) is 38.3. The molecule has 8 aromatic carbocycles. The number of unbranched alkanes of at least 4 members (excludes halogenated alkanes) is 2. The molecular weight excluding hydrogens is 1340 g/mol. The van der Waals surface area contributed by atoms with Gasteiger partial charge in [0, 0.05) is 24.5 Å². The first kappa shape index (κ1) is 94.1. The van der Waals surface area contributed by atoms with Crippen molar-refractivity contribution in [2.24, 2.45) is 40.4 Å². The van der Waals surface area contributed by atoms with Gasteiger partial charge in [0.25, 0.3) is 0 Å². The van der Waals surface area contributed by atoms with Gasteiger partial charge in [-0.25, -0.2) is 9.59 Å². The van der Waals surface area contributed by atoms with Gasteiger partial charge in [-0.3, -0.25) is 9.59 Å². The van der Waals surface area contributed by atoms with Crippen molar-refractivity contribution < 1.29 is 49.1 Å². The van der Waals surface area contributed by atoms with E-state index in [2.05, 4.69) is 213 Å². The number of aryl methyl sites for hydroxylation is 3. The number of nitriles is 1. The van der Waals surface area contributed by atoms with E-state index in [9.17, 15) is 24.3 Å². The van der Waals surface area contributed by atoms with Crippen LogP contribution in [-0.2, 0) is 76.9 Å². The number of aromatic hydroxyl groups is 1. The van der Waals surface area contributed by atoms with Gasteiger partial charge in [0.15, 0.2) is 0 Å². The molecule has 0 unspecified atom stereocenters. The van der Waals surface area contributed by atoms with Gasteiger partial charge >= 0.3 is 23.9 Å². The predicted molar refractivity (Wildman–Crippen MR) is 448 cm³/mol. The molecule has 0 atom stereocenters. The maximum Gasteiger partial charge on any atom is 0.337 e. The second-order valence-corrected chi connectivity index (χ2v) is 32.0. The van der Waals surface area contributed by atoms with Crippen LogP contribution in [0.4, 0.5) is 0 Å². The summed E-state index contributed by atoms with van der Waals surface area (Å²) in [6, 6.07) is 66.1. The number of phenols is 1. The van der Waals surface area contributed by atoms with E-state index in [0.29, 0.717) is 54.4 Å². The number of hydrogen-bond donors (Lipinski definition) is 4. The van der Waals surface area contributed by atoms with Crippen LogP contribution in [0, 0.1) is 70.5 Å². The standard InChI is InChI=1S/C22H24O3.C16H24O2.C13H16O2.C13H18O2.C12H15N.C11H16.C10H14O/c1-22(2,3)16-18-9-13-20(14-10-18)25-15-5-6-17-7-11-19(12-8-17)21(23)24-4;1-13(2)12-15-10-7-6-9-14(15)8-4-3-5-11-16(17)18;1-10(2)9-12-5-3-11(4-6-12)7-8-13(14)15;1-10(2)9-12-6-4-3-5-11(12)7-8-13(14)15;1-12(2,3)8-10-5-4-6-11(7-10)9-13;1-9(2)8-11-6-4-10(3)5-7-11;1-8(2)7-9-5-3-4-6-10(9)11/h7-14H,15-16H2,1-4H3;6-7,9-10,13H,3-5,8,11-12H2,1-2H3,(H,17,18);3-8,10H,9H2,1-2H3,(H,14,15);3-6,10H,7-9H2,1-2H3,(H,14,15);4-7H,8H2,1-3H3;4-7,9H,8H2,1-3H3;3-6,8,11H,7H2,1-2H3/b;;8-7+;;;;. The minimum absolute atomic E-state index is 0.217. The van der Waals surface area contributed by atoms with Crippen LogP contribution >= 0.6 is 0 Å². The average molecular weight is 1470 g/mol. The largest absolute Gasteiger partial charge is 0.508 e. The van der Waals surface area contributed by atoms with Crippen molar-refractivity contribution in [1.29, 1.82) is 5.26 Å². The molecule has 0 fully saturated rings. The Bertz CT molecular complexity index is 3990. The van der Waals surface area contributed by atoms with Gasteiger partial charge in [-0.05, 0) is 234 Å². The summed E-state index contributed by atoms with van der Waals surface area (Å²) in [7, 11) is 1.36. The summed E-state index contributed by atoms with van der Waals surface area (Å²) in [6.07, 6.45) is 15.3. The molecule has 0 bridgehead atoms. The minimum atomic E-state index is -0.916. The molecule has 0 aliphatic carbocycles. The van der Waals surface area contributed by atoms with Gasteiger partial charge in [0.2, 0.25) is 0 Å². The third-order valence-electron chi connectivity index (χ3n) is 16.2. The van der Waals surface area contributed by atoms with E-state index >= 15 is 0 Å². The number of esters is 1. The lowest BCUT2D eigenvalue weighted by molar-refractivity contribution is -0.138. The summed E-state index contributed by atoms with van der Waals surface area (Å²) in [5.74, 6) is 7.84. The molecule has 0 saturated heterocycles. The van der Waals surface area contributed by atoms with Crippen LogP contribution in [0.2, 0.25) is 0 Å². The summed E-state index contributed by atoms with van der Waals surface area (Å²) in [5, 5.41) is 43.8. The van der Waals surface area contributed by atoms with Crippen LogP contribution in [0.1, 0.15) is 226 Å². The lowest BCUT2D eigenvalue weighted by Crippen LogP contribution is -2.08. The molecule has 11 nitrogen and oxygen atoms in total. The molecule has 11 heteroatoms. The molecule has 580 valence electrons. The Labute approximate surface area is 650 Å². The fraction of sp³-hybridized carbons (Fsp3) is 0.412. The molecule has 0 aliphatic heterocycles. The zero-order valence-corrected chi connectivity index (χ0v) is 68.3. The van der Waals surface area contributed by atoms with E-state index in [1.54, 1.807) is 36.4 Å². The van der Waals surface area contributed by atoms with Crippen LogP contribution in [-0.4, -0.2) is 58.0 Å². The number of rotatable bonds is 26. The van der Waals surface area contributed by atoms with Crippen LogP contribution < -0.4 is 4.74 Å². The number of carbonyl (C=O) groups is 4. The molecule has 0 saturated carbocycles. The van der Waals surface area contributed by atoms with Gasteiger partial charge in [-0.1, -0.05) is 274 Å². The summed E-state index contributed by atoms with van der Waals surface area (Å²) >= 11 is 0. The molecular formula is C97H127NO10. The summed E-state index contributed by atoms with van der Waals surface area (Å²) < 4.78 is 10.3. The molecule has 0 aliphatic rings. The molecule has 0 spiro atoms. The minimum Gasteiger partial charge on any atom is -0.508 e. The Morgan fingerprint density at radius 3 is 1.38 bits per heavy atom. The Hall–Kier alpha value is -9.97. The number of hydrogen-bond acceptors (Lipinski definition) is 8. The van der Waals surface area contributed by atoms with E-state index in [1.165, 1.54) is 63.6 Å². The molecule has 8 aromatic rings. The monoisotopic (exact) mass is 1470 g/mol. The fourth-order valence-electron chi connectivity index (χ4n) is 11.4. The van der Waals surface area contributed by atoms with Gasteiger partial charge in [-0.15, -0.1) is 0 Å². The second-order valence-electron chi connectivity index (χ2n) is 32.0. The number of carboxylic acid groups (broad SMARTS) is 3. The van der Waals surface area contributed by atoms with Gasteiger partial charge in [0.05, 0.1) is 24.3 Å². The highest BCUT2D eigenvalue weighted by molar-refractivity contribution is 5.89. The summed E-state index contributed by atoms with van der Waals surface area (Å²) in [5.41, 5.74) is 16.6. The van der Waals surface area contributed by atoms with E-state index in [-0.39, 0.29) is 23.2 Å². The van der Waals surface area contributed by atoms with Crippen molar-refractivity contribution in [3.8, 4) is 29.4 Å². The Balaban J connectivity index is 0.000000436. The smallest absolute Gasteiger partial charge is 0.337 e. The molecule has 108 heavy (non-hydrogen) atoms. The van der Waals surface area contributed by atoms with Gasteiger partial charge in [0.1, 0.15) is 18.1 Å². The van der Waals surface area contributed by atoms with E-state index in [1.807, 2.05) is 91.0 Å². The van der Waals surface area contributed by atoms with Gasteiger partial charge in [-0.2, -0.15) is 5.26 Å². The van der Waals surface area contributed by atoms with Crippen LogP contribution in [0.3, 0.4) is 0 Å². The highest BCUT2D eigenvalue weighted by Gasteiger charge is 2.14. The van der Waals surface area contributed by atoms with Crippen molar-refractivity contribution >= 4 is 30.0 Å². The lowest BCUT2D eigenvalue weighted by atomic mass is 9.88. The number of methoxy groups -OCH3 is 1. The third-order valence-corrected chi connectivity index (χ3v) is 16.2. The maximum atomic E-state index is 11.4. The Morgan fingerprint density at radius 2 is 0.917 bits per heavy atom. The topological polar surface area (TPSA) is 191 Å². The molecule has 4 N–H and O–H groups in total. The number of phenolic OH excluding ortho intramolecular Hbond substituents is 1. The van der Waals surface area contributed by atoms with E-state index in [4.69, 9.17) is 25.3 Å². The normalized spacial score (nSPS) is 10.7. The van der Waals surface area contributed by atoms with Crippen molar-refractivity contribution in [3.05, 3.63) is 278 Å². The number of carboxylic acids is 3. The zero-order chi connectivity index (χ0) is 80.6. The van der Waals surface area contributed by atoms with E-state index < -0.39 is 17.9 Å². The Morgan fingerprint density at radius 1 is 0.463 bits per heavy atom. The number of para-hydroxylation sites is 1. The molecule has 8 rings (SSSR count). The Kier molecular flexibility index (Phi) is 45.4. The maximum absolute atomic E-state index is 11.4. The first-order chi connectivity index (χ1) is 51.0. The first-order valence-electron chi connectivity index (χ1n) is 38.3. The lowest BCUT2D eigenvalue weighted by Gasteiger charge is -2.18. The summed E-state index contributed by atoms with van der Waals surface area (Å²) in [4.78, 5) is 42.6. The zero-order valence-electron chi connectivity index (χ0n) is 68.3. The number of ether oxygens (including phenoxy) is 2. The van der Waals surface area contributed by atoms with Crippen molar-refractivity contribution in [3.63, 3.8) is 0 Å². The average Bonchev–Trinajstić information content (AvgIpc) is 0.908. The number of nitrogens with zero attached hydrogens (tertiary/aromatic N) is 1. The molecule has 0 amide bonds. The molecule has 0 aromatic heterocycles. The second kappa shape index (κ2) is 52.1. The predicted octanol–water partition coefficient (Wildman–Crippen LogP) is 23.4. The SMILES string of the molecule is CC(C)(C)Cc1cccc(C#N)c1.CC(C)Cc1ccc(/C=C/C(=O)O)cc1.CC(C)Cc1ccccc1CCC(=O)O.CC(C)Cc1ccccc1CCCCCC(=O)O.CC(C)Cc1ccccc1O.COC(=O)c1ccc(C#CCOc2ccc(CC(C)(C)C)cc2)cc1.Cc1ccc(CC(C)C)cc1. The number of aliphatic carboxylic acids is 3. The highest BCUT2D eigenvalue weighted by Crippen LogP contribution is 2.25. The molecule has 0 heterocycles. The van der Waals surface area contributed by atoms with Gasteiger partial charge < -0.3 is 29.9 Å². The number of carbonyl (C=O) groups excluding carboxylic acids is 1. The van der Waals surface area contributed by atoms with Crippen molar-refractivity contribution in [2.45, 2.75) is 208 Å². The van der Waals surface area contributed by atoms with Crippen molar-refractivity contribution in [2.75, 3.05) is 13.7 Å². The van der Waals surface area contributed by atoms with Crippen LogP contribution in [0.15, 0.2) is 200 Å². The van der Waals surface area contributed by atoms with Crippen LogP contribution in [0.5, 0.6) is 11.5 Å². The highest BCUT2D eigenvalue weighted by atomic mass is 16.5. The number of benzene rings is 8. The van der Waals surface area contributed by atoms with Crippen molar-refractivity contribution in [1.82, 2.24) is 0 Å². The van der Waals surface area contributed by atoms with E-state index in [0.717, 1.165) is 104 Å². The van der Waals surface area contributed by atoms with Crippen LogP contribution in [0.25, 0.3) is 6.08 Å². The summed E-state index contributed by atoms with van der Waals surface area (Å²) in [6.45, 7) is 37.7. The quantitative estimate of drug-likeness (QED) is 0.0175. The fourth-order valence-corrected chi connectivity index (χ4v) is 11.4.